The number of rotatable bonds is 3. The van der Waals surface area contributed by atoms with Crippen molar-refractivity contribution in [1.29, 1.82) is 0 Å². The molecule has 2 aromatic carbocycles. The van der Waals surface area contributed by atoms with Gasteiger partial charge in [-0.15, -0.1) is 11.8 Å². The Kier molecular flexibility index (Phi) is 4.53. The average molecular weight is 414 g/mol. The van der Waals surface area contributed by atoms with Gasteiger partial charge in [0.25, 0.3) is 0 Å². The first-order chi connectivity index (χ1) is 10.9. The highest BCUT2D eigenvalue weighted by atomic mass is 79.9. The van der Waals surface area contributed by atoms with Gasteiger partial charge in [-0.2, -0.15) is 0 Å². The number of hydrogen-bond donors (Lipinski definition) is 0. The van der Waals surface area contributed by atoms with Crippen LogP contribution in [0.4, 0.5) is 10.1 Å². The lowest BCUT2D eigenvalue weighted by Gasteiger charge is -2.22. The van der Waals surface area contributed by atoms with E-state index in [4.69, 9.17) is 0 Å². The fourth-order valence-corrected chi connectivity index (χ4v) is 4.27. The molecule has 0 spiro atoms. The minimum Gasteiger partial charge on any atom is -0.330 e. The Morgan fingerprint density at radius 2 is 1.87 bits per heavy atom. The van der Waals surface area contributed by atoms with Gasteiger partial charge in [0.1, 0.15) is 10.7 Å². The van der Waals surface area contributed by atoms with Crippen LogP contribution in [-0.4, -0.2) is 20.6 Å². The maximum atomic E-state index is 14.1. The fraction of sp³-hybridized carbons (Fsp3) is 0.125. The number of halogens is 2. The van der Waals surface area contributed by atoms with Crippen LogP contribution in [0.25, 0.3) is 5.70 Å². The van der Waals surface area contributed by atoms with E-state index >= 15 is 0 Å². The second-order valence-electron chi connectivity index (χ2n) is 5.12. The molecule has 1 heterocycles. The van der Waals surface area contributed by atoms with E-state index in [0.29, 0.717) is 5.56 Å². The Morgan fingerprint density at radius 3 is 2.48 bits per heavy atom. The van der Waals surface area contributed by atoms with E-state index in [2.05, 4.69) is 20.8 Å². The van der Waals surface area contributed by atoms with Gasteiger partial charge in [-0.25, -0.2) is 12.8 Å². The molecule has 23 heavy (non-hydrogen) atoms. The van der Waals surface area contributed by atoms with E-state index in [9.17, 15) is 12.8 Å². The molecule has 0 aromatic heterocycles. The third-order valence-corrected chi connectivity index (χ3v) is 5.91. The summed E-state index contributed by atoms with van der Waals surface area (Å²) in [6.07, 6.45) is 1.00. The molecule has 0 saturated heterocycles. The van der Waals surface area contributed by atoms with Gasteiger partial charge in [-0.05, 0) is 41.8 Å². The Balaban J connectivity index is 1.97. The van der Waals surface area contributed by atoms with Crippen LogP contribution >= 0.6 is 27.7 Å². The number of benzene rings is 2. The van der Waals surface area contributed by atoms with Crippen molar-refractivity contribution in [3.8, 4) is 0 Å². The SMILES string of the molecule is CS(=O)(=O)c1ccc(C2=CSCN2c2ccc(Br)cc2)cc1F. The molecule has 120 valence electrons. The van der Waals surface area contributed by atoms with Crippen molar-refractivity contribution in [3.05, 3.63) is 63.7 Å². The van der Waals surface area contributed by atoms with Gasteiger partial charge >= 0.3 is 0 Å². The molecule has 0 bridgehead atoms. The number of nitrogens with zero attached hydrogens (tertiary/aromatic N) is 1. The lowest BCUT2D eigenvalue weighted by molar-refractivity contribution is 0.570. The molecule has 0 atom stereocenters. The quantitative estimate of drug-likeness (QED) is 0.741. The number of hydrogen-bond acceptors (Lipinski definition) is 4. The molecule has 0 amide bonds. The summed E-state index contributed by atoms with van der Waals surface area (Å²) < 4.78 is 38.2. The highest BCUT2D eigenvalue weighted by molar-refractivity contribution is 9.10. The van der Waals surface area contributed by atoms with E-state index in [1.165, 1.54) is 12.1 Å². The Labute approximate surface area is 147 Å². The first-order valence-electron chi connectivity index (χ1n) is 6.71. The first-order valence-corrected chi connectivity index (χ1v) is 10.4. The molecule has 0 N–H and O–H groups in total. The molecular formula is C16H13BrFNO2S2. The normalized spacial score (nSPS) is 14.9. The zero-order valence-corrected chi connectivity index (χ0v) is 15.4. The fourth-order valence-electron chi connectivity index (χ4n) is 2.34. The summed E-state index contributed by atoms with van der Waals surface area (Å²) in [7, 11) is -3.56. The first kappa shape index (κ1) is 16.5. The van der Waals surface area contributed by atoms with Crippen LogP contribution < -0.4 is 4.90 Å². The number of anilines is 1. The number of sulfone groups is 1. The Hall–Kier alpha value is -1.31. The topological polar surface area (TPSA) is 37.4 Å². The Morgan fingerprint density at radius 1 is 1.17 bits per heavy atom. The predicted molar refractivity (Wildman–Crippen MR) is 96.6 cm³/mol. The molecule has 0 radical (unpaired) electrons. The van der Waals surface area contributed by atoms with Gasteiger partial charge in [0, 0.05) is 22.0 Å². The molecule has 1 aliphatic rings. The largest absolute Gasteiger partial charge is 0.330 e. The molecule has 2 aromatic rings. The summed E-state index contributed by atoms with van der Waals surface area (Å²) in [5, 5.41) is 1.96. The zero-order chi connectivity index (χ0) is 16.6. The molecule has 1 aliphatic heterocycles. The number of thioether (sulfide) groups is 1. The summed E-state index contributed by atoms with van der Waals surface area (Å²) in [5.41, 5.74) is 2.51. The zero-order valence-electron chi connectivity index (χ0n) is 12.2. The van der Waals surface area contributed by atoms with Crippen molar-refractivity contribution in [2.75, 3.05) is 17.0 Å². The molecule has 0 unspecified atom stereocenters. The highest BCUT2D eigenvalue weighted by Crippen LogP contribution is 2.36. The summed E-state index contributed by atoms with van der Waals surface area (Å²) in [5.74, 6) is 0.00502. The average Bonchev–Trinajstić information content (AvgIpc) is 2.96. The summed E-state index contributed by atoms with van der Waals surface area (Å²) in [6, 6.07) is 12.1. The molecule has 0 aliphatic carbocycles. The summed E-state index contributed by atoms with van der Waals surface area (Å²) in [4.78, 5) is 1.79. The summed E-state index contributed by atoms with van der Waals surface area (Å²) in [6.45, 7) is 0. The molecule has 7 heteroatoms. The van der Waals surface area contributed by atoms with Crippen LogP contribution in [0.2, 0.25) is 0 Å². The van der Waals surface area contributed by atoms with Crippen molar-refractivity contribution in [3.63, 3.8) is 0 Å². The van der Waals surface area contributed by atoms with Crippen LogP contribution in [0, 0.1) is 5.82 Å². The lowest BCUT2D eigenvalue weighted by Crippen LogP contribution is -2.17. The van der Waals surface area contributed by atoms with E-state index in [0.717, 1.165) is 28.0 Å². The van der Waals surface area contributed by atoms with Crippen molar-refractivity contribution in [2.24, 2.45) is 0 Å². The maximum Gasteiger partial charge on any atom is 0.178 e. The van der Waals surface area contributed by atoms with Crippen LogP contribution in [0.15, 0.2) is 57.2 Å². The van der Waals surface area contributed by atoms with Gasteiger partial charge in [0.15, 0.2) is 9.84 Å². The molecule has 3 rings (SSSR count). The third-order valence-electron chi connectivity index (χ3n) is 3.45. The van der Waals surface area contributed by atoms with E-state index in [-0.39, 0.29) is 4.90 Å². The molecule has 3 nitrogen and oxygen atoms in total. The molecule has 0 fully saturated rings. The van der Waals surface area contributed by atoms with Crippen LogP contribution in [0.3, 0.4) is 0 Å². The summed E-state index contributed by atoms with van der Waals surface area (Å²) >= 11 is 5.02. The minimum absolute atomic E-state index is 0.275. The standard InChI is InChI=1S/C16H13BrFNO2S2/c1-23(20,21)16-7-2-11(8-14(16)18)15-9-22-10-19(15)13-5-3-12(17)4-6-13/h2-9H,10H2,1H3. The van der Waals surface area contributed by atoms with Crippen molar-refractivity contribution >= 4 is 48.9 Å². The lowest BCUT2D eigenvalue weighted by atomic mass is 10.1. The second kappa shape index (κ2) is 6.30. The van der Waals surface area contributed by atoms with E-state index in [1.54, 1.807) is 17.8 Å². The van der Waals surface area contributed by atoms with Gasteiger partial charge < -0.3 is 4.90 Å². The smallest absolute Gasteiger partial charge is 0.178 e. The van der Waals surface area contributed by atoms with Crippen molar-refractivity contribution in [2.45, 2.75) is 4.90 Å². The minimum atomic E-state index is -3.56. The highest BCUT2D eigenvalue weighted by Gasteiger charge is 2.21. The maximum absolute atomic E-state index is 14.1. The molecular weight excluding hydrogens is 401 g/mol. The van der Waals surface area contributed by atoms with Crippen molar-refractivity contribution < 1.29 is 12.8 Å². The van der Waals surface area contributed by atoms with Gasteiger partial charge in [-0.1, -0.05) is 22.0 Å². The van der Waals surface area contributed by atoms with Crippen LogP contribution in [0.1, 0.15) is 5.56 Å². The van der Waals surface area contributed by atoms with Crippen molar-refractivity contribution in [1.82, 2.24) is 0 Å². The monoisotopic (exact) mass is 413 g/mol. The van der Waals surface area contributed by atoms with E-state index < -0.39 is 15.7 Å². The Bertz CT molecular complexity index is 879. The van der Waals surface area contributed by atoms with Gasteiger partial charge in [0.2, 0.25) is 0 Å². The van der Waals surface area contributed by atoms with Crippen LogP contribution in [-0.2, 0) is 9.84 Å². The third kappa shape index (κ3) is 3.46. The van der Waals surface area contributed by atoms with Crippen LogP contribution in [0.5, 0.6) is 0 Å². The van der Waals surface area contributed by atoms with Gasteiger partial charge in [-0.3, -0.25) is 0 Å². The van der Waals surface area contributed by atoms with Gasteiger partial charge in [0.05, 0.1) is 11.6 Å². The predicted octanol–water partition coefficient (Wildman–Crippen LogP) is 4.50. The molecule has 0 saturated carbocycles. The second-order valence-corrected chi connectivity index (χ2v) is 8.85. The van der Waals surface area contributed by atoms with E-state index in [1.807, 2.05) is 29.7 Å².